The molecule has 0 nitrogen and oxygen atoms in total. The molecule has 0 aromatic heterocycles. The molecule has 7 heteroatoms. The Hall–Kier alpha value is 2.96. The maximum atomic E-state index is 0. The maximum Gasteiger partial charge on any atom is 3.00 e. The van der Waals surface area contributed by atoms with Crippen molar-refractivity contribution < 1.29 is 51.2 Å². The molecule has 7 heavy (non-hydrogen) atoms. The molecule has 0 N–H and O–H groups in total. The Morgan fingerprint density at radius 3 is 0.429 bits per heavy atom. The third-order valence-corrected chi connectivity index (χ3v) is 0. The van der Waals surface area contributed by atoms with Crippen LogP contribution >= 0.6 is 0 Å². The monoisotopic (exact) mass is 300 g/mol. The van der Waals surface area contributed by atoms with Gasteiger partial charge >= 0.3 is 17.1 Å². The molecule has 0 saturated heterocycles. The van der Waals surface area contributed by atoms with E-state index in [2.05, 4.69) is 0 Å². The van der Waals surface area contributed by atoms with Gasteiger partial charge in [0.25, 0.3) is 0 Å². The minimum Gasteiger partial charge on any atom is -0.813 e. The Labute approximate surface area is 104 Å². The van der Waals surface area contributed by atoms with Gasteiger partial charge in [0, 0.05) is 34.1 Å². The van der Waals surface area contributed by atoms with E-state index in [0.717, 1.165) is 0 Å². The van der Waals surface area contributed by atoms with E-state index < -0.39 is 0 Å². The minimum atomic E-state index is 0. The zero-order valence-electron chi connectivity index (χ0n) is 2.85. The quantitative estimate of drug-likeness (QED) is 0.317. The molecule has 0 aliphatic carbocycles. The van der Waals surface area contributed by atoms with Gasteiger partial charge in [-0.1, -0.05) is 0 Å². The Morgan fingerprint density at radius 1 is 0.429 bits per heavy atom. The molecular formula is H4Fe3S4-. The van der Waals surface area contributed by atoms with Crippen molar-refractivity contribution in [3.05, 3.63) is 0 Å². The van der Waals surface area contributed by atoms with Crippen LogP contribution in [0.5, 0.6) is 0 Å². The van der Waals surface area contributed by atoms with Crippen molar-refractivity contribution >= 4 is 54.0 Å². The molecule has 0 aliphatic rings. The van der Waals surface area contributed by atoms with Gasteiger partial charge in [0.1, 0.15) is 0 Å². The van der Waals surface area contributed by atoms with Crippen molar-refractivity contribution in [2.24, 2.45) is 0 Å². The molecule has 0 aromatic carbocycles. The fraction of sp³-hybridized carbons (Fsp3) is 0. The van der Waals surface area contributed by atoms with E-state index in [1.54, 1.807) is 0 Å². The molecule has 0 spiro atoms. The van der Waals surface area contributed by atoms with Gasteiger partial charge in [-0.15, -0.1) is 0 Å². The van der Waals surface area contributed by atoms with E-state index in [1.165, 1.54) is 0 Å². The molecule has 0 fully saturated rings. The first kappa shape index (κ1) is 91.3. The summed E-state index contributed by atoms with van der Waals surface area (Å²) in [5, 5.41) is 0. The van der Waals surface area contributed by atoms with Gasteiger partial charge in [0.05, 0.1) is 0 Å². The summed E-state index contributed by atoms with van der Waals surface area (Å²) in [7, 11) is 0. The first-order chi connectivity index (χ1) is 0. The van der Waals surface area contributed by atoms with Crippen molar-refractivity contribution in [3.63, 3.8) is 0 Å². The molecule has 0 rings (SSSR count). The summed E-state index contributed by atoms with van der Waals surface area (Å²) in [6.07, 6.45) is 0. The van der Waals surface area contributed by atoms with Crippen LogP contribution in [0.3, 0.4) is 0 Å². The molecule has 53 valence electrons. The Bertz CT molecular complexity index is 6.90. The smallest absolute Gasteiger partial charge is 0.813 e. The van der Waals surface area contributed by atoms with E-state index in [0.29, 0.717) is 0 Å². The second-order valence-electron chi connectivity index (χ2n) is 0. The van der Waals surface area contributed by atoms with Crippen molar-refractivity contribution in [1.82, 2.24) is 0 Å². The summed E-state index contributed by atoms with van der Waals surface area (Å²) in [4.78, 5) is 0. The van der Waals surface area contributed by atoms with Crippen LogP contribution in [0.2, 0.25) is 0 Å². The van der Waals surface area contributed by atoms with Crippen molar-refractivity contribution in [2.45, 2.75) is 0 Å². The first-order valence-electron chi connectivity index (χ1n) is 0. The Balaban J connectivity index is 0. The first-order valence-corrected chi connectivity index (χ1v) is 0. The largest absolute Gasteiger partial charge is 3.00 e. The zero-order valence-corrected chi connectivity index (χ0v) is 9.74. The van der Waals surface area contributed by atoms with Crippen LogP contribution in [0.25, 0.3) is 0 Å². The summed E-state index contributed by atoms with van der Waals surface area (Å²) >= 11 is 0. The van der Waals surface area contributed by atoms with Gasteiger partial charge in [-0.2, -0.15) is 0 Å². The van der Waals surface area contributed by atoms with Gasteiger partial charge < -0.3 is 54.0 Å². The molecule has 0 bridgehead atoms. The van der Waals surface area contributed by atoms with Crippen LogP contribution in [-0.4, -0.2) is 0 Å². The zero-order chi connectivity index (χ0) is 0. The topological polar surface area (TPSA) is 0 Å². The Kier molecular flexibility index (Phi) is 846. The van der Waals surface area contributed by atoms with Gasteiger partial charge in [-0.3, -0.25) is 0 Å². The minimum absolute atomic E-state index is 0. The van der Waals surface area contributed by atoms with Gasteiger partial charge in [0.2, 0.25) is 0 Å². The SMILES string of the molecule is [Fe+3].[Fe].[Fe].[SH-].[SH-].[SH-].[SH-]. The van der Waals surface area contributed by atoms with E-state index in [9.17, 15) is 0 Å². The number of thiol groups is 4. The predicted molar refractivity (Wildman–Crippen MR) is 35.0 cm³/mol. The van der Waals surface area contributed by atoms with Crippen LogP contribution in [-0.2, 0) is 105 Å². The standard InChI is InChI=1S/3Fe.4H2S/h;;;4*1H2/q;;+3;;;;/p-4. The number of hydrogen-bond donors (Lipinski definition) is 0. The van der Waals surface area contributed by atoms with E-state index in [4.69, 9.17) is 0 Å². The average molecular weight is 300 g/mol. The Morgan fingerprint density at radius 2 is 0.429 bits per heavy atom. The number of rotatable bonds is 0. The molecule has 0 saturated carbocycles. The fourth-order valence-corrected chi connectivity index (χ4v) is 0. The summed E-state index contributed by atoms with van der Waals surface area (Å²) in [6.45, 7) is 0. The third-order valence-electron chi connectivity index (χ3n) is 0. The molecule has 0 heterocycles. The van der Waals surface area contributed by atoms with Crippen molar-refractivity contribution in [2.75, 3.05) is 0 Å². The van der Waals surface area contributed by atoms with E-state index >= 15 is 0 Å². The second kappa shape index (κ2) is 64.8. The predicted octanol–water partition coefficient (Wildman–Crippen LogP) is -1.09. The summed E-state index contributed by atoms with van der Waals surface area (Å²) in [5.74, 6) is 0. The molecular weight excluding hydrogens is 296 g/mol. The molecule has 0 unspecified atom stereocenters. The van der Waals surface area contributed by atoms with Crippen LogP contribution in [0.15, 0.2) is 0 Å². The van der Waals surface area contributed by atoms with E-state index in [-0.39, 0.29) is 105 Å². The van der Waals surface area contributed by atoms with E-state index in [1.807, 2.05) is 0 Å². The van der Waals surface area contributed by atoms with Crippen LogP contribution < -0.4 is 0 Å². The normalized spacial score (nSPS) is 0. The molecule has 0 amide bonds. The summed E-state index contributed by atoms with van der Waals surface area (Å²) in [5.41, 5.74) is 0. The summed E-state index contributed by atoms with van der Waals surface area (Å²) < 4.78 is 0. The average Bonchev–Trinajstić information content (AvgIpc) is 0. The van der Waals surface area contributed by atoms with Crippen molar-refractivity contribution in [3.8, 4) is 0 Å². The van der Waals surface area contributed by atoms with Crippen LogP contribution in [0.1, 0.15) is 0 Å². The third kappa shape index (κ3) is 49.6. The van der Waals surface area contributed by atoms with Crippen LogP contribution in [0.4, 0.5) is 0 Å². The molecule has 0 aliphatic heterocycles. The maximum absolute atomic E-state index is 0. The van der Waals surface area contributed by atoms with Gasteiger partial charge in [0.15, 0.2) is 0 Å². The van der Waals surface area contributed by atoms with Gasteiger partial charge in [-0.25, -0.2) is 0 Å². The molecule has 1 radical (unpaired) electrons. The van der Waals surface area contributed by atoms with Crippen LogP contribution in [0, 0.1) is 0 Å². The van der Waals surface area contributed by atoms with Crippen molar-refractivity contribution in [1.29, 1.82) is 0 Å². The fourth-order valence-electron chi connectivity index (χ4n) is 0. The molecule has 0 aromatic rings. The summed E-state index contributed by atoms with van der Waals surface area (Å²) in [6, 6.07) is 0. The number of hydrogen-bond acceptors (Lipinski definition) is 4. The molecule has 0 atom stereocenters. The second-order valence-corrected chi connectivity index (χ2v) is 0. The van der Waals surface area contributed by atoms with Gasteiger partial charge in [-0.05, 0) is 0 Å².